The van der Waals surface area contributed by atoms with Crippen LogP contribution in [0.25, 0.3) is 0 Å². The molecule has 6 heteroatoms. The Labute approximate surface area is 94.7 Å². The maximum Gasteiger partial charge on any atom is 0.232 e. The first-order chi connectivity index (χ1) is 6.86. The normalized spacial score (nSPS) is 11.5. The number of rotatable bonds is 3. The molecule has 1 aromatic carbocycles. The molecule has 4 nitrogen and oxygen atoms in total. The van der Waals surface area contributed by atoms with Gasteiger partial charge in [-0.3, -0.25) is 4.31 Å². The third-order valence-electron chi connectivity index (χ3n) is 2.10. The van der Waals surface area contributed by atoms with Crippen LogP contribution in [0.1, 0.15) is 5.56 Å². The Morgan fingerprint density at radius 2 is 2.07 bits per heavy atom. The van der Waals surface area contributed by atoms with Gasteiger partial charge in [-0.05, 0) is 23.8 Å². The zero-order valence-electron chi connectivity index (χ0n) is 8.57. The molecule has 0 radical (unpaired) electrons. The zero-order chi connectivity index (χ0) is 11.6. The average Bonchev–Trinajstić information content (AvgIpc) is 2.15. The molecular weight excluding hydrogens is 236 g/mol. The predicted octanol–water partition coefficient (Wildman–Crippen LogP) is 1.19. The monoisotopic (exact) mass is 248 g/mol. The lowest BCUT2D eigenvalue weighted by molar-refractivity contribution is 0.600. The average molecular weight is 249 g/mol. The molecule has 1 rings (SSSR count). The minimum absolute atomic E-state index is 0.246. The quantitative estimate of drug-likeness (QED) is 0.874. The van der Waals surface area contributed by atoms with E-state index in [0.29, 0.717) is 16.3 Å². The first-order valence-corrected chi connectivity index (χ1v) is 6.51. The van der Waals surface area contributed by atoms with Gasteiger partial charge < -0.3 is 5.73 Å². The first kappa shape index (κ1) is 12.3. The fourth-order valence-electron chi connectivity index (χ4n) is 1.20. The van der Waals surface area contributed by atoms with E-state index in [9.17, 15) is 8.42 Å². The molecule has 1 aromatic rings. The Bertz CT molecular complexity index is 459. The lowest BCUT2D eigenvalue weighted by atomic mass is 10.2. The third-order valence-corrected chi connectivity index (χ3v) is 3.52. The van der Waals surface area contributed by atoms with Crippen molar-refractivity contribution in [3.63, 3.8) is 0 Å². The van der Waals surface area contributed by atoms with E-state index < -0.39 is 10.0 Å². The van der Waals surface area contributed by atoms with Crippen molar-refractivity contribution in [2.45, 2.75) is 6.54 Å². The summed E-state index contributed by atoms with van der Waals surface area (Å²) in [5, 5.41) is 0.543. The Balaban J connectivity index is 3.26. The Morgan fingerprint density at radius 3 is 2.53 bits per heavy atom. The van der Waals surface area contributed by atoms with Crippen molar-refractivity contribution in [2.24, 2.45) is 5.73 Å². The molecule has 2 N–H and O–H groups in total. The van der Waals surface area contributed by atoms with Crippen molar-refractivity contribution in [1.82, 2.24) is 0 Å². The highest BCUT2D eigenvalue weighted by atomic mass is 35.5. The minimum Gasteiger partial charge on any atom is -0.326 e. The lowest BCUT2D eigenvalue weighted by Gasteiger charge is -2.19. The second-order valence-electron chi connectivity index (χ2n) is 3.21. The summed E-state index contributed by atoms with van der Waals surface area (Å²) in [5.74, 6) is 0. The molecule has 0 fully saturated rings. The van der Waals surface area contributed by atoms with Gasteiger partial charge in [0, 0.05) is 18.6 Å². The topological polar surface area (TPSA) is 63.4 Å². The van der Waals surface area contributed by atoms with Crippen LogP contribution >= 0.6 is 11.6 Å². The molecule has 0 saturated heterocycles. The van der Waals surface area contributed by atoms with Crippen LogP contribution in [0, 0.1) is 0 Å². The molecule has 0 amide bonds. The lowest BCUT2D eigenvalue weighted by Crippen LogP contribution is -2.26. The van der Waals surface area contributed by atoms with Crippen molar-refractivity contribution >= 4 is 27.3 Å². The van der Waals surface area contributed by atoms with Crippen LogP contribution in [0.4, 0.5) is 5.69 Å². The molecule has 0 atom stereocenters. The van der Waals surface area contributed by atoms with E-state index in [-0.39, 0.29) is 6.54 Å². The molecule has 0 aromatic heterocycles. The van der Waals surface area contributed by atoms with E-state index in [1.807, 2.05) is 0 Å². The minimum atomic E-state index is -3.27. The van der Waals surface area contributed by atoms with Gasteiger partial charge in [-0.15, -0.1) is 0 Å². The van der Waals surface area contributed by atoms with Crippen molar-refractivity contribution in [1.29, 1.82) is 0 Å². The third kappa shape index (κ3) is 2.84. The van der Waals surface area contributed by atoms with E-state index in [1.165, 1.54) is 11.4 Å². The summed E-state index contributed by atoms with van der Waals surface area (Å²) in [6.45, 7) is 0.246. The number of nitrogens with two attached hydrogens (primary N) is 1. The van der Waals surface area contributed by atoms with Gasteiger partial charge in [0.25, 0.3) is 0 Å². The smallest absolute Gasteiger partial charge is 0.232 e. The summed E-state index contributed by atoms with van der Waals surface area (Å²) in [6, 6.07) is 4.95. The largest absolute Gasteiger partial charge is 0.326 e. The summed E-state index contributed by atoms with van der Waals surface area (Å²) in [7, 11) is -1.78. The number of sulfonamides is 1. The predicted molar refractivity (Wildman–Crippen MR) is 62.6 cm³/mol. The first-order valence-electron chi connectivity index (χ1n) is 4.28. The maximum atomic E-state index is 11.3. The van der Waals surface area contributed by atoms with E-state index in [1.54, 1.807) is 18.2 Å². The molecular formula is C9H13ClN2O2S. The van der Waals surface area contributed by atoms with E-state index >= 15 is 0 Å². The number of halogens is 1. The van der Waals surface area contributed by atoms with Gasteiger partial charge in [-0.1, -0.05) is 11.6 Å². The highest BCUT2D eigenvalue weighted by Crippen LogP contribution is 2.24. The fraction of sp³-hybridized carbons (Fsp3) is 0.333. The molecule has 0 aliphatic rings. The number of benzene rings is 1. The number of hydrogen-bond donors (Lipinski definition) is 1. The number of anilines is 1. The Kier molecular flexibility index (Phi) is 3.59. The highest BCUT2D eigenvalue weighted by Gasteiger charge is 2.15. The summed E-state index contributed by atoms with van der Waals surface area (Å²) in [5.41, 5.74) is 6.78. The summed E-state index contributed by atoms with van der Waals surface area (Å²) >= 11 is 5.79. The SMILES string of the molecule is CN(c1ccc(Cl)cc1CN)S(C)(=O)=O. The molecule has 84 valence electrons. The zero-order valence-corrected chi connectivity index (χ0v) is 10.1. The standard InChI is InChI=1S/C9H13ClN2O2S/c1-12(15(2,13)14)9-4-3-8(10)5-7(9)6-11/h3-5H,6,11H2,1-2H3. The van der Waals surface area contributed by atoms with Crippen molar-refractivity contribution in [2.75, 3.05) is 17.6 Å². The van der Waals surface area contributed by atoms with Crippen LogP contribution in [0.3, 0.4) is 0 Å². The van der Waals surface area contributed by atoms with Gasteiger partial charge in [-0.2, -0.15) is 0 Å². The number of nitrogens with zero attached hydrogens (tertiary/aromatic N) is 1. The van der Waals surface area contributed by atoms with Crippen molar-refractivity contribution < 1.29 is 8.42 Å². The molecule has 15 heavy (non-hydrogen) atoms. The number of hydrogen-bond acceptors (Lipinski definition) is 3. The van der Waals surface area contributed by atoms with Crippen LogP contribution in [-0.4, -0.2) is 21.7 Å². The van der Waals surface area contributed by atoms with Crippen LogP contribution in [0.15, 0.2) is 18.2 Å². The fourth-order valence-corrected chi connectivity index (χ4v) is 1.93. The molecule has 0 saturated carbocycles. The van der Waals surface area contributed by atoms with Crippen LogP contribution in [0.5, 0.6) is 0 Å². The van der Waals surface area contributed by atoms with Crippen LogP contribution in [0.2, 0.25) is 5.02 Å². The second-order valence-corrected chi connectivity index (χ2v) is 5.66. The van der Waals surface area contributed by atoms with Gasteiger partial charge in [0.2, 0.25) is 10.0 Å². The summed E-state index contributed by atoms with van der Waals surface area (Å²) in [6.07, 6.45) is 1.14. The van der Waals surface area contributed by atoms with E-state index in [2.05, 4.69) is 0 Å². The Morgan fingerprint density at radius 1 is 1.47 bits per heavy atom. The van der Waals surface area contributed by atoms with E-state index in [0.717, 1.165) is 6.26 Å². The van der Waals surface area contributed by atoms with Gasteiger partial charge in [0.15, 0.2) is 0 Å². The summed E-state index contributed by atoms with van der Waals surface area (Å²) < 4.78 is 23.9. The molecule has 0 spiro atoms. The van der Waals surface area contributed by atoms with Crippen LogP contribution < -0.4 is 10.0 Å². The molecule has 0 aliphatic carbocycles. The summed E-state index contributed by atoms with van der Waals surface area (Å²) in [4.78, 5) is 0. The van der Waals surface area contributed by atoms with Gasteiger partial charge in [0.05, 0.1) is 11.9 Å². The Hall–Kier alpha value is -0.780. The van der Waals surface area contributed by atoms with Crippen molar-refractivity contribution in [3.8, 4) is 0 Å². The van der Waals surface area contributed by atoms with E-state index in [4.69, 9.17) is 17.3 Å². The molecule has 0 heterocycles. The second kappa shape index (κ2) is 4.38. The highest BCUT2D eigenvalue weighted by molar-refractivity contribution is 7.92. The van der Waals surface area contributed by atoms with Crippen LogP contribution in [-0.2, 0) is 16.6 Å². The van der Waals surface area contributed by atoms with Gasteiger partial charge >= 0.3 is 0 Å². The van der Waals surface area contributed by atoms with Gasteiger partial charge in [0.1, 0.15) is 0 Å². The molecule has 0 unspecified atom stereocenters. The maximum absolute atomic E-state index is 11.3. The van der Waals surface area contributed by atoms with Gasteiger partial charge in [-0.25, -0.2) is 8.42 Å². The van der Waals surface area contributed by atoms with Crippen molar-refractivity contribution in [3.05, 3.63) is 28.8 Å². The molecule has 0 bridgehead atoms. The molecule has 0 aliphatic heterocycles.